The molecule has 0 bridgehead atoms. The molecule has 0 fully saturated rings. The molecule has 0 aromatic carbocycles. The molecule has 1 unspecified atom stereocenters. The van der Waals surface area contributed by atoms with Crippen molar-refractivity contribution < 1.29 is 9.53 Å². The van der Waals surface area contributed by atoms with E-state index < -0.39 is 0 Å². The van der Waals surface area contributed by atoms with Crippen LogP contribution in [0, 0.1) is 11.8 Å². The predicted octanol–water partition coefficient (Wildman–Crippen LogP) is 1.10. The molecule has 0 saturated carbocycles. The van der Waals surface area contributed by atoms with Crippen LogP contribution in [0.15, 0.2) is 0 Å². The fourth-order valence-electron chi connectivity index (χ4n) is 1.63. The Hall–Kier alpha value is -0.610. The zero-order chi connectivity index (χ0) is 12.6. The summed E-state index contributed by atoms with van der Waals surface area (Å²) in [6, 6.07) is 0. The summed E-state index contributed by atoms with van der Waals surface area (Å²) >= 11 is 0. The van der Waals surface area contributed by atoms with E-state index in [-0.39, 0.29) is 11.8 Å². The number of hydrogen-bond donors (Lipinski definition) is 1. The Morgan fingerprint density at radius 2 is 2.06 bits per heavy atom. The summed E-state index contributed by atoms with van der Waals surface area (Å²) in [5.74, 6) is 0.584. The van der Waals surface area contributed by atoms with Crippen molar-refractivity contribution in [2.45, 2.75) is 27.2 Å². The van der Waals surface area contributed by atoms with Gasteiger partial charge in [-0.2, -0.15) is 0 Å². The van der Waals surface area contributed by atoms with Crippen LogP contribution in [0.1, 0.15) is 27.2 Å². The maximum Gasteiger partial charge on any atom is 0.226 e. The standard InChI is InChI=1S/C12H26N2O2/c1-5-16-7-6-14(4)12(15)11(9-13)8-10(2)3/h10-11H,5-9,13H2,1-4H3. The third-order valence-electron chi connectivity index (χ3n) is 2.54. The first-order chi connectivity index (χ1) is 7.52. The second-order valence-corrected chi connectivity index (χ2v) is 4.52. The number of ether oxygens (including phenoxy) is 1. The summed E-state index contributed by atoms with van der Waals surface area (Å²) in [5.41, 5.74) is 5.64. The molecule has 0 aromatic heterocycles. The summed E-state index contributed by atoms with van der Waals surface area (Å²) in [5, 5.41) is 0. The SMILES string of the molecule is CCOCCN(C)C(=O)C(CN)CC(C)C. The van der Waals surface area contributed by atoms with Gasteiger partial charge in [-0.3, -0.25) is 4.79 Å². The second kappa shape index (κ2) is 8.53. The topological polar surface area (TPSA) is 55.6 Å². The fraction of sp³-hybridized carbons (Fsp3) is 0.917. The quantitative estimate of drug-likeness (QED) is 0.635. The first-order valence-corrected chi connectivity index (χ1v) is 6.05. The van der Waals surface area contributed by atoms with Crippen molar-refractivity contribution in [2.75, 3.05) is 33.4 Å². The Morgan fingerprint density at radius 3 is 2.50 bits per heavy atom. The van der Waals surface area contributed by atoms with Gasteiger partial charge in [0.25, 0.3) is 0 Å². The summed E-state index contributed by atoms with van der Waals surface area (Å²) in [4.78, 5) is 13.7. The van der Waals surface area contributed by atoms with Gasteiger partial charge in [-0.05, 0) is 19.3 Å². The van der Waals surface area contributed by atoms with Crippen LogP contribution in [-0.4, -0.2) is 44.2 Å². The van der Waals surface area contributed by atoms with E-state index in [1.54, 1.807) is 4.90 Å². The smallest absolute Gasteiger partial charge is 0.226 e. The number of rotatable bonds is 8. The van der Waals surface area contributed by atoms with Crippen molar-refractivity contribution in [3.63, 3.8) is 0 Å². The molecule has 0 rings (SSSR count). The maximum absolute atomic E-state index is 12.0. The van der Waals surface area contributed by atoms with Gasteiger partial charge >= 0.3 is 0 Å². The summed E-state index contributed by atoms with van der Waals surface area (Å²) in [6.45, 7) is 8.51. The molecule has 0 aliphatic carbocycles. The highest BCUT2D eigenvalue weighted by Crippen LogP contribution is 2.12. The summed E-state index contributed by atoms with van der Waals surface area (Å²) in [6.07, 6.45) is 0.855. The van der Waals surface area contributed by atoms with Crippen LogP contribution in [0.4, 0.5) is 0 Å². The third kappa shape index (κ3) is 6.08. The Morgan fingerprint density at radius 1 is 1.44 bits per heavy atom. The highest BCUT2D eigenvalue weighted by Gasteiger charge is 2.21. The Balaban J connectivity index is 4.06. The first-order valence-electron chi connectivity index (χ1n) is 6.05. The molecule has 96 valence electrons. The highest BCUT2D eigenvalue weighted by atomic mass is 16.5. The minimum absolute atomic E-state index is 0.0494. The van der Waals surface area contributed by atoms with Crippen LogP contribution in [0.25, 0.3) is 0 Å². The molecule has 0 radical (unpaired) electrons. The van der Waals surface area contributed by atoms with Gasteiger partial charge in [-0.25, -0.2) is 0 Å². The van der Waals surface area contributed by atoms with Crippen LogP contribution in [-0.2, 0) is 9.53 Å². The molecule has 0 spiro atoms. The van der Waals surface area contributed by atoms with Crippen molar-refractivity contribution >= 4 is 5.91 Å². The largest absolute Gasteiger partial charge is 0.380 e. The van der Waals surface area contributed by atoms with E-state index >= 15 is 0 Å². The van der Waals surface area contributed by atoms with Crippen LogP contribution in [0.3, 0.4) is 0 Å². The van der Waals surface area contributed by atoms with E-state index in [1.807, 2.05) is 14.0 Å². The number of nitrogens with two attached hydrogens (primary N) is 1. The van der Waals surface area contributed by atoms with Gasteiger partial charge in [-0.1, -0.05) is 13.8 Å². The Labute approximate surface area is 99.1 Å². The molecule has 0 heterocycles. The van der Waals surface area contributed by atoms with Gasteiger partial charge in [0, 0.05) is 26.7 Å². The average molecular weight is 230 g/mol. The molecule has 0 aliphatic rings. The van der Waals surface area contributed by atoms with Gasteiger partial charge in [0.2, 0.25) is 5.91 Å². The molecule has 4 nitrogen and oxygen atoms in total. The zero-order valence-electron chi connectivity index (χ0n) is 11.0. The van der Waals surface area contributed by atoms with Crippen molar-refractivity contribution in [1.82, 2.24) is 4.90 Å². The van der Waals surface area contributed by atoms with Crippen LogP contribution in [0.5, 0.6) is 0 Å². The number of likely N-dealkylation sites (N-methyl/N-ethyl adjacent to an activating group) is 1. The lowest BCUT2D eigenvalue weighted by Gasteiger charge is -2.23. The van der Waals surface area contributed by atoms with Gasteiger partial charge in [-0.15, -0.1) is 0 Å². The minimum atomic E-state index is -0.0494. The molecule has 2 N–H and O–H groups in total. The second-order valence-electron chi connectivity index (χ2n) is 4.52. The molecular weight excluding hydrogens is 204 g/mol. The first kappa shape index (κ1) is 15.4. The van der Waals surface area contributed by atoms with E-state index in [0.29, 0.717) is 32.2 Å². The van der Waals surface area contributed by atoms with Crippen LogP contribution < -0.4 is 5.73 Å². The lowest BCUT2D eigenvalue weighted by Crippen LogP contribution is -2.39. The van der Waals surface area contributed by atoms with E-state index in [4.69, 9.17) is 10.5 Å². The zero-order valence-corrected chi connectivity index (χ0v) is 11.0. The maximum atomic E-state index is 12.0. The van der Waals surface area contributed by atoms with Gasteiger partial charge in [0.15, 0.2) is 0 Å². The molecular formula is C12H26N2O2. The highest BCUT2D eigenvalue weighted by molar-refractivity contribution is 5.78. The number of carbonyl (C=O) groups is 1. The van der Waals surface area contributed by atoms with E-state index in [2.05, 4.69) is 13.8 Å². The number of hydrogen-bond acceptors (Lipinski definition) is 3. The summed E-state index contributed by atoms with van der Waals surface area (Å²) < 4.78 is 5.22. The monoisotopic (exact) mass is 230 g/mol. The molecule has 0 aliphatic heterocycles. The van der Waals surface area contributed by atoms with Gasteiger partial charge in [0.05, 0.1) is 12.5 Å². The Bertz CT molecular complexity index is 195. The lowest BCUT2D eigenvalue weighted by atomic mass is 9.96. The van der Waals surface area contributed by atoms with Crippen LogP contribution in [0.2, 0.25) is 0 Å². The van der Waals surface area contributed by atoms with Gasteiger partial charge in [0.1, 0.15) is 0 Å². The molecule has 1 atom stereocenters. The number of amides is 1. The van der Waals surface area contributed by atoms with Crippen molar-refractivity contribution in [3.8, 4) is 0 Å². The predicted molar refractivity (Wildman–Crippen MR) is 66.1 cm³/mol. The molecule has 0 saturated heterocycles. The van der Waals surface area contributed by atoms with E-state index in [1.165, 1.54) is 0 Å². The molecule has 4 heteroatoms. The van der Waals surface area contributed by atoms with Crippen molar-refractivity contribution in [3.05, 3.63) is 0 Å². The third-order valence-corrected chi connectivity index (χ3v) is 2.54. The lowest BCUT2D eigenvalue weighted by molar-refractivity contribution is -0.135. The Kier molecular flexibility index (Phi) is 8.21. The summed E-state index contributed by atoms with van der Waals surface area (Å²) in [7, 11) is 1.81. The minimum Gasteiger partial charge on any atom is -0.380 e. The fourth-order valence-corrected chi connectivity index (χ4v) is 1.63. The normalized spacial score (nSPS) is 12.9. The molecule has 16 heavy (non-hydrogen) atoms. The average Bonchev–Trinajstić information content (AvgIpc) is 2.24. The van der Waals surface area contributed by atoms with Crippen molar-refractivity contribution in [1.29, 1.82) is 0 Å². The van der Waals surface area contributed by atoms with E-state index in [9.17, 15) is 4.79 Å². The van der Waals surface area contributed by atoms with Crippen molar-refractivity contribution in [2.24, 2.45) is 17.6 Å². The van der Waals surface area contributed by atoms with Crippen LogP contribution >= 0.6 is 0 Å². The van der Waals surface area contributed by atoms with Gasteiger partial charge < -0.3 is 15.4 Å². The molecule has 1 amide bonds. The molecule has 0 aromatic rings. The number of carbonyl (C=O) groups excluding carboxylic acids is 1. The van der Waals surface area contributed by atoms with E-state index in [0.717, 1.165) is 6.42 Å². The number of nitrogens with zero attached hydrogens (tertiary/aromatic N) is 1.